The molecule has 0 saturated carbocycles. The fraction of sp³-hybridized carbons (Fsp3) is 0.419. The van der Waals surface area contributed by atoms with Crippen molar-refractivity contribution in [3.05, 3.63) is 65.2 Å². The zero-order chi connectivity index (χ0) is 31.1. The normalized spacial score (nSPS) is 21.2. The van der Waals surface area contributed by atoms with Crippen molar-refractivity contribution in [2.45, 2.75) is 51.7 Å². The summed E-state index contributed by atoms with van der Waals surface area (Å²) in [6, 6.07) is 11.7. The van der Waals surface area contributed by atoms with Crippen molar-refractivity contribution >= 4 is 51.1 Å². The molecule has 0 radical (unpaired) electrons. The minimum Gasteiger partial charge on any atom is -0.353 e. The predicted molar refractivity (Wildman–Crippen MR) is 164 cm³/mol. The van der Waals surface area contributed by atoms with Crippen molar-refractivity contribution in [3.63, 3.8) is 0 Å². The molecule has 4 rings (SSSR count). The highest BCUT2D eigenvalue weighted by Crippen LogP contribution is 2.20. The highest BCUT2D eigenvalue weighted by molar-refractivity contribution is 7.16. The van der Waals surface area contributed by atoms with Gasteiger partial charge >= 0.3 is 0 Å². The Morgan fingerprint density at radius 2 is 1.77 bits per heavy atom. The third-order valence-electron chi connectivity index (χ3n) is 7.44. The quantitative estimate of drug-likeness (QED) is 0.406. The van der Waals surface area contributed by atoms with Gasteiger partial charge in [-0.2, -0.15) is 0 Å². The van der Waals surface area contributed by atoms with Gasteiger partial charge in [-0.3, -0.25) is 24.0 Å². The molecule has 228 valence electrons. The maximum Gasteiger partial charge on any atom is 0.254 e. The van der Waals surface area contributed by atoms with Crippen molar-refractivity contribution in [1.82, 2.24) is 30.7 Å². The molecule has 1 fully saturated rings. The van der Waals surface area contributed by atoms with Crippen molar-refractivity contribution in [1.29, 1.82) is 0 Å². The van der Waals surface area contributed by atoms with E-state index in [2.05, 4.69) is 20.9 Å². The summed E-state index contributed by atoms with van der Waals surface area (Å²) < 4.78 is 0.834. The van der Waals surface area contributed by atoms with E-state index in [0.29, 0.717) is 12.0 Å². The summed E-state index contributed by atoms with van der Waals surface area (Å²) in [4.78, 5) is 74.0. The topological polar surface area (TPSA) is 141 Å². The Morgan fingerprint density at radius 3 is 2.49 bits per heavy atom. The predicted octanol–water partition coefficient (Wildman–Crippen LogP) is 1.97. The Hall–Kier alpha value is -4.32. The van der Waals surface area contributed by atoms with E-state index < -0.39 is 47.7 Å². The van der Waals surface area contributed by atoms with Crippen molar-refractivity contribution in [3.8, 4) is 0 Å². The summed E-state index contributed by atoms with van der Waals surface area (Å²) in [6.07, 6.45) is 0.576. The molecule has 3 N–H and O–H groups in total. The minimum atomic E-state index is -0.921. The molecule has 3 atom stereocenters. The van der Waals surface area contributed by atoms with Crippen molar-refractivity contribution < 1.29 is 24.0 Å². The molecule has 5 amide bonds. The Morgan fingerprint density at radius 1 is 1.02 bits per heavy atom. The molecule has 1 aromatic heterocycles. The first-order valence-electron chi connectivity index (χ1n) is 14.3. The van der Waals surface area contributed by atoms with Gasteiger partial charge in [0.15, 0.2) is 0 Å². The molecule has 12 heteroatoms. The fourth-order valence-electron chi connectivity index (χ4n) is 4.93. The van der Waals surface area contributed by atoms with Gasteiger partial charge in [-0.25, -0.2) is 4.98 Å². The number of amides is 5. The van der Waals surface area contributed by atoms with Gasteiger partial charge in [0, 0.05) is 32.1 Å². The molecule has 0 spiro atoms. The van der Waals surface area contributed by atoms with Crippen LogP contribution in [0.1, 0.15) is 43.1 Å². The van der Waals surface area contributed by atoms with Crippen LogP contribution in [0.2, 0.25) is 0 Å². The zero-order valence-corrected chi connectivity index (χ0v) is 25.6. The zero-order valence-electron chi connectivity index (χ0n) is 24.8. The average molecular weight is 607 g/mol. The van der Waals surface area contributed by atoms with Gasteiger partial charge in [0.25, 0.3) is 5.91 Å². The van der Waals surface area contributed by atoms with E-state index in [9.17, 15) is 24.0 Å². The lowest BCUT2D eigenvalue weighted by Crippen LogP contribution is -2.57. The van der Waals surface area contributed by atoms with Crippen molar-refractivity contribution in [2.75, 3.05) is 26.7 Å². The van der Waals surface area contributed by atoms with Crippen LogP contribution < -0.4 is 16.0 Å². The van der Waals surface area contributed by atoms with E-state index in [1.807, 2.05) is 44.2 Å². The van der Waals surface area contributed by atoms with Gasteiger partial charge < -0.3 is 25.8 Å². The molecular formula is C31H38N6O5S. The molecule has 11 nitrogen and oxygen atoms in total. The van der Waals surface area contributed by atoms with Crippen LogP contribution in [0.4, 0.5) is 0 Å². The second-order valence-electron chi connectivity index (χ2n) is 11.2. The lowest BCUT2D eigenvalue weighted by molar-refractivity contribution is -0.142. The van der Waals surface area contributed by atoms with Gasteiger partial charge in [0.2, 0.25) is 23.6 Å². The molecule has 1 aliphatic rings. The summed E-state index contributed by atoms with van der Waals surface area (Å²) in [7, 11) is 1.50. The van der Waals surface area contributed by atoms with Gasteiger partial charge in [-0.15, -0.1) is 11.3 Å². The van der Waals surface area contributed by atoms with Crippen LogP contribution in [0, 0.1) is 5.92 Å². The van der Waals surface area contributed by atoms with Crippen LogP contribution in [-0.4, -0.2) is 89.1 Å². The number of rotatable bonds is 5. The second kappa shape index (κ2) is 14.2. The number of benzene rings is 2. The van der Waals surface area contributed by atoms with E-state index in [-0.39, 0.29) is 32.0 Å². The Bertz CT molecular complexity index is 1480. The molecule has 2 aromatic carbocycles. The number of hydrogen-bond donors (Lipinski definition) is 3. The van der Waals surface area contributed by atoms with E-state index >= 15 is 0 Å². The lowest BCUT2D eigenvalue weighted by atomic mass is 10.0. The SMILES string of the molecule is CC(C)C[C@@H]1NC(=O)CN(C(=O)c2ccc3ncsc3c2)CCNC(=O)[C@H](Cc2ccccc2)NC(=O)[C@H](C)N(C)C1=O. The molecule has 2 heterocycles. The maximum atomic E-state index is 13.6. The van der Waals surface area contributed by atoms with Gasteiger partial charge in [-0.1, -0.05) is 44.2 Å². The number of aromatic nitrogens is 1. The Kier molecular flexibility index (Phi) is 10.5. The third kappa shape index (κ3) is 8.16. The number of likely N-dealkylation sites (N-methyl/N-ethyl adjacent to an activating group) is 1. The third-order valence-corrected chi connectivity index (χ3v) is 8.24. The molecular weight excluding hydrogens is 568 g/mol. The van der Waals surface area contributed by atoms with E-state index in [1.54, 1.807) is 30.6 Å². The summed E-state index contributed by atoms with van der Waals surface area (Å²) in [6.45, 7) is 5.21. The highest BCUT2D eigenvalue weighted by atomic mass is 32.1. The monoisotopic (exact) mass is 606 g/mol. The molecule has 3 aromatic rings. The molecule has 0 aliphatic carbocycles. The van der Waals surface area contributed by atoms with E-state index in [0.717, 1.165) is 15.8 Å². The van der Waals surface area contributed by atoms with Gasteiger partial charge in [0.1, 0.15) is 18.1 Å². The lowest BCUT2D eigenvalue weighted by Gasteiger charge is -2.30. The van der Waals surface area contributed by atoms with Crippen LogP contribution in [0.5, 0.6) is 0 Å². The summed E-state index contributed by atoms with van der Waals surface area (Å²) in [5, 5.41) is 8.42. The molecule has 43 heavy (non-hydrogen) atoms. The van der Waals surface area contributed by atoms with Crippen LogP contribution in [0.25, 0.3) is 10.2 Å². The smallest absolute Gasteiger partial charge is 0.254 e. The maximum absolute atomic E-state index is 13.6. The number of hydrogen-bond acceptors (Lipinski definition) is 7. The number of thiazole rings is 1. The second-order valence-corrected chi connectivity index (χ2v) is 12.1. The summed E-state index contributed by atoms with van der Waals surface area (Å²) >= 11 is 1.40. The van der Waals surface area contributed by atoms with Crippen LogP contribution in [0.15, 0.2) is 54.0 Å². The first kappa shape index (κ1) is 31.6. The molecule has 1 saturated heterocycles. The number of nitrogens with one attached hydrogen (secondary N) is 3. The Labute approximate surface area is 255 Å². The number of nitrogens with zero attached hydrogens (tertiary/aromatic N) is 3. The summed E-state index contributed by atoms with van der Waals surface area (Å²) in [5.41, 5.74) is 3.69. The van der Waals surface area contributed by atoms with E-state index in [4.69, 9.17) is 0 Å². The van der Waals surface area contributed by atoms with Crippen LogP contribution in [-0.2, 0) is 25.6 Å². The minimum absolute atomic E-state index is 0.0316. The highest BCUT2D eigenvalue weighted by Gasteiger charge is 2.33. The molecule has 0 unspecified atom stereocenters. The summed E-state index contributed by atoms with van der Waals surface area (Å²) in [5.74, 6) is -2.21. The molecule has 1 aliphatic heterocycles. The number of carbonyl (C=O) groups is 5. The average Bonchev–Trinajstić information content (AvgIpc) is 3.46. The van der Waals surface area contributed by atoms with Crippen molar-refractivity contribution in [2.24, 2.45) is 5.92 Å². The fourth-order valence-corrected chi connectivity index (χ4v) is 5.65. The number of carbonyl (C=O) groups excluding carboxylic acids is 5. The Balaban J connectivity index is 1.64. The van der Waals surface area contributed by atoms with Crippen LogP contribution in [0.3, 0.4) is 0 Å². The number of fused-ring (bicyclic) bond motifs is 1. The van der Waals surface area contributed by atoms with E-state index in [1.165, 1.54) is 28.2 Å². The largest absolute Gasteiger partial charge is 0.353 e. The first-order chi connectivity index (χ1) is 20.5. The van der Waals surface area contributed by atoms with Gasteiger partial charge in [0.05, 0.1) is 22.3 Å². The molecule has 0 bridgehead atoms. The van der Waals surface area contributed by atoms with Crippen LogP contribution >= 0.6 is 11.3 Å². The first-order valence-corrected chi connectivity index (χ1v) is 15.2. The standard InChI is InChI=1S/C31H38N6O5S/c1-19(2)14-25-31(42)36(4)20(3)28(39)35-24(15-21-8-6-5-7-9-21)29(40)32-12-13-37(17-27(38)34-25)30(41)22-10-11-23-26(16-22)43-18-33-23/h5-11,16,18-20,24-25H,12-15,17H2,1-4H3,(H,32,40)(H,34,38)(H,35,39)/t20-,24-,25-/m0/s1. The van der Waals surface area contributed by atoms with Gasteiger partial charge in [-0.05, 0) is 43.0 Å².